The molecule has 172 valence electrons. The lowest BCUT2D eigenvalue weighted by Crippen LogP contribution is -2.13. The van der Waals surface area contributed by atoms with E-state index in [1.165, 1.54) is 22.7 Å². The van der Waals surface area contributed by atoms with Crippen molar-refractivity contribution in [3.8, 4) is 28.1 Å². The average Bonchev–Trinajstić information content (AvgIpc) is 3.58. The van der Waals surface area contributed by atoms with E-state index in [4.69, 9.17) is 18.6 Å². The molecular weight excluding hydrogens is 467 g/mol. The zero-order valence-corrected chi connectivity index (χ0v) is 20.1. The highest BCUT2D eigenvalue weighted by atomic mass is 32.1. The smallest absolute Gasteiger partial charge is 0.294 e. The molecule has 11 heteroatoms. The van der Waals surface area contributed by atoms with Gasteiger partial charge in [0.05, 0.1) is 31.5 Å². The highest BCUT2D eigenvalue weighted by molar-refractivity contribution is 7.18. The van der Waals surface area contributed by atoms with Gasteiger partial charge in [-0.05, 0) is 30.7 Å². The van der Waals surface area contributed by atoms with Gasteiger partial charge in [0, 0.05) is 17.5 Å². The maximum Gasteiger partial charge on any atom is 0.294 e. The van der Waals surface area contributed by atoms with Crippen LogP contribution in [0.4, 0.5) is 4.39 Å². The van der Waals surface area contributed by atoms with Gasteiger partial charge in [-0.15, -0.1) is 16.4 Å². The van der Waals surface area contributed by atoms with E-state index in [9.17, 15) is 4.39 Å². The number of aromatic nitrogens is 4. The van der Waals surface area contributed by atoms with Crippen LogP contribution in [0.1, 0.15) is 31.0 Å². The van der Waals surface area contributed by atoms with Gasteiger partial charge < -0.3 is 18.6 Å². The first-order valence-corrected chi connectivity index (χ1v) is 11.9. The van der Waals surface area contributed by atoms with Gasteiger partial charge in [-0.3, -0.25) is 0 Å². The summed E-state index contributed by atoms with van der Waals surface area (Å²) in [5.74, 6) is 1.75. The minimum absolute atomic E-state index is 0.197. The lowest BCUT2D eigenvalue weighted by molar-refractivity contribution is 0.184. The number of benzene rings is 1. The summed E-state index contributed by atoms with van der Waals surface area (Å²) in [4.78, 5) is 9.68. The van der Waals surface area contributed by atoms with Crippen LogP contribution in [0.5, 0.6) is 16.7 Å². The largest absolute Gasteiger partial charge is 0.496 e. The normalized spacial score (nSPS) is 13.5. The number of hydrogen-bond acceptors (Lipinski definition) is 9. The van der Waals surface area contributed by atoms with Gasteiger partial charge in [-0.1, -0.05) is 6.92 Å². The Balaban J connectivity index is 1.45. The third kappa shape index (κ3) is 4.02. The molecule has 0 saturated carbocycles. The van der Waals surface area contributed by atoms with Gasteiger partial charge in [0.2, 0.25) is 4.96 Å². The predicted octanol–water partition coefficient (Wildman–Crippen LogP) is 5.85. The molecule has 0 spiro atoms. The van der Waals surface area contributed by atoms with E-state index in [0.29, 0.717) is 55.8 Å². The van der Waals surface area contributed by atoms with Gasteiger partial charge in [-0.2, -0.15) is 0 Å². The summed E-state index contributed by atoms with van der Waals surface area (Å²) in [6, 6.07) is 5.45. The fourth-order valence-electron chi connectivity index (χ4n) is 3.24. The molecule has 0 aliphatic carbocycles. The molecule has 1 atom stereocenters. The van der Waals surface area contributed by atoms with E-state index in [0.717, 1.165) is 5.39 Å². The molecule has 33 heavy (non-hydrogen) atoms. The topological polar surface area (TPSA) is 83.9 Å². The van der Waals surface area contributed by atoms with Crippen molar-refractivity contribution in [1.82, 2.24) is 19.6 Å². The van der Waals surface area contributed by atoms with Crippen molar-refractivity contribution in [2.45, 2.75) is 32.5 Å². The molecule has 0 fully saturated rings. The molecule has 4 heterocycles. The summed E-state index contributed by atoms with van der Waals surface area (Å²) in [6.45, 7) is 3.54. The van der Waals surface area contributed by atoms with Crippen LogP contribution in [-0.2, 0) is 12.3 Å². The molecule has 5 aromatic rings. The molecule has 4 aromatic heterocycles. The second kappa shape index (κ2) is 8.31. The number of hydrogen-bond donors (Lipinski definition) is 0. The first-order chi connectivity index (χ1) is 15.9. The standard InChI is InChI=1S/C22H21FN4O4S2/c1-5-22(2,23)19-24-12(11-32-19)10-30-16-6-13(28-3)7-17-14(16)8-18(31-17)15-9-27-20(25-15)33-21(26-27)29-4/h6-9,11H,5,10H2,1-4H3. The van der Waals surface area contributed by atoms with E-state index in [2.05, 4.69) is 15.1 Å². The summed E-state index contributed by atoms with van der Waals surface area (Å²) in [7, 11) is 3.15. The van der Waals surface area contributed by atoms with Crippen LogP contribution in [0.15, 0.2) is 34.2 Å². The van der Waals surface area contributed by atoms with Gasteiger partial charge >= 0.3 is 0 Å². The van der Waals surface area contributed by atoms with Crippen molar-refractivity contribution in [2.24, 2.45) is 0 Å². The zero-order valence-electron chi connectivity index (χ0n) is 18.4. The molecule has 8 nitrogen and oxygen atoms in total. The SMILES string of the molecule is CCC(C)(F)c1nc(COc2cc(OC)cc3oc(-c4cn5nc(OC)sc5n4)cc23)cs1. The highest BCUT2D eigenvalue weighted by Crippen LogP contribution is 2.38. The van der Waals surface area contributed by atoms with E-state index < -0.39 is 5.67 Å². The molecule has 0 radical (unpaired) electrons. The summed E-state index contributed by atoms with van der Waals surface area (Å²) < 4.78 is 38.9. The molecule has 5 rings (SSSR count). The Kier molecular flexibility index (Phi) is 5.45. The summed E-state index contributed by atoms with van der Waals surface area (Å²) >= 11 is 2.64. The number of halogens is 1. The third-order valence-corrected chi connectivity index (χ3v) is 7.31. The number of imidazole rings is 1. The highest BCUT2D eigenvalue weighted by Gasteiger charge is 2.27. The fraction of sp³-hybridized carbons (Fsp3) is 0.318. The zero-order chi connectivity index (χ0) is 23.2. The van der Waals surface area contributed by atoms with Crippen molar-refractivity contribution < 1.29 is 23.0 Å². The lowest BCUT2D eigenvalue weighted by atomic mass is 10.1. The van der Waals surface area contributed by atoms with Crippen LogP contribution >= 0.6 is 22.7 Å². The second-order valence-corrected chi connectivity index (χ2v) is 9.33. The average molecular weight is 489 g/mol. The van der Waals surface area contributed by atoms with Gasteiger partial charge in [0.25, 0.3) is 5.19 Å². The number of alkyl halides is 1. The molecule has 0 saturated heterocycles. The predicted molar refractivity (Wildman–Crippen MR) is 124 cm³/mol. The summed E-state index contributed by atoms with van der Waals surface area (Å²) in [5, 5.41) is 7.87. The number of nitrogens with zero attached hydrogens (tertiary/aromatic N) is 4. The number of methoxy groups -OCH3 is 2. The Morgan fingerprint density at radius 2 is 2.03 bits per heavy atom. The van der Waals surface area contributed by atoms with Crippen molar-refractivity contribution >= 4 is 38.6 Å². The van der Waals surface area contributed by atoms with Gasteiger partial charge in [0.15, 0.2) is 11.4 Å². The summed E-state index contributed by atoms with van der Waals surface area (Å²) in [6.07, 6.45) is 2.14. The number of rotatable bonds is 8. The molecular formula is C22H21FN4O4S2. The van der Waals surface area contributed by atoms with Crippen molar-refractivity contribution in [3.63, 3.8) is 0 Å². The first kappa shape index (κ1) is 21.7. The number of thiazole rings is 1. The number of ether oxygens (including phenoxy) is 3. The first-order valence-electron chi connectivity index (χ1n) is 10.2. The van der Waals surface area contributed by atoms with E-state index in [1.807, 2.05) is 11.4 Å². The van der Waals surface area contributed by atoms with Crippen LogP contribution in [0.2, 0.25) is 0 Å². The monoisotopic (exact) mass is 488 g/mol. The van der Waals surface area contributed by atoms with E-state index in [-0.39, 0.29) is 6.61 Å². The Morgan fingerprint density at radius 1 is 1.18 bits per heavy atom. The molecule has 0 N–H and O–H groups in total. The quantitative estimate of drug-likeness (QED) is 0.271. The van der Waals surface area contributed by atoms with Gasteiger partial charge in [0.1, 0.15) is 34.4 Å². The van der Waals surface area contributed by atoms with Gasteiger partial charge in [-0.25, -0.2) is 18.9 Å². The second-order valence-electron chi connectivity index (χ2n) is 7.56. The van der Waals surface area contributed by atoms with Crippen LogP contribution < -0.4 is 14.2 Å². The molecule has 1 unspecified atom stereocenters. The van der Waals surface area contributed by atoms with Crippen LogP contribution in [0, 0.1) is 0 Å². The van der Waals surface area contributed by atoms with Crippen LogP contribution in [-0.4, -0.2) is 33.8 Å². The molecule has 1 aromatic carbocycles. The third-order valence-electron chi connectivity index (χ3n) is 5.30. The number of furan rings is 1. The van der Waals surface area contributed by atoms with Crippen molar-refractivity contribution in [2.75, 3.05) is 14.2 Å². The maximum absolute atomic E-state index is 14.6. The van der Waals surface area contributed by atoms with Crippen molar-refractivity contribution in [1.29, 1.82) is 0 Å². The minimum Gasteiger partial charge on any atom is -0.496 e. The maximum atomic E-state index is 14.6. The summed E-state index contributed by atoms with van der Waals surface area (Å²) in [5.41, 5.74) is 0.468. The Bertz CT molecular complexity index is 1400. The molecule has 0 amide bonds. The lowest BCUT2D eigenvalue weighted by Gasteiger charge is -2.14. The number of fused-ring (bicyclic) bond motifs is 2. The van der Waals surface area contributed by atoms with E-state index in [1.54, 1.807) is 50.9 Å². The minimum atomic E-state index is -1.44. The molecule has 0 aliphatic heterocycles. The molecule has 0 aliphatic rings. The van der Waals surface area contributed by atoms with E-state index >= 15 is 0 Å². The Labute approximate surface area is 196 Å². The van der Waals surface area contributed by atoms with Crippen molar-refractivity contribution in [3.05, 3.63) is 40.5 Å². The Morgan fingerprint density at radius 3 is 2.76 bits per heavy atom. The fourth-order valence-corrected chi connectivity index (χ4v) is 4.87. The Hall–Kier alpha value is -3.18. The van der Waals surface area contributed by atoms with Crippen LogP contribution in [0.25, 0.3) is 27.4 Å². The molecule has 0 bridgehead atoms. The van der Waals surface area contributed by atoms with Crippen LogP contribution in [0.3, 0.4) is 0 Å².